The predicted octanol–water partition coefficient (Wildman–Crippen LogP) is 3.54. The van der Waals surface area contributed by atoms with Crippen LogP contribution in [0.5, 0.6) is 0 Å². The number of aryl methyl sites for hydroxylation is 2. The molecule has 29 heavy (non-hydrogen) atoms. The zero-order valence-electron chi connectivity index (χ0n) is 16.7. The summed E-state index contributed by atoms with van der Waals surface area (Å²) in [6.45, 7) is 7.23. The first-order valence-corrected chi connectivity index (χ1v) is 9.10. The Morgan fingerprint density at radius 1 is 1.00 bits per heavy atom. The minimum absolute atomic E-state index is 0.0770. The van der Waals surface area contributed by atoms with Gasteiger partial charge < -0.3 is 10.6 Å². The van der Waals surface area contributed by atoms with Crippen molar-refractivity contribution in [1.82, 2.24) is 15.0 Å². The zero-order valence-corrected chi connectivity index (χ0v) is 16.7. The maximum Gasteiger partial charge on any atom is 0.278 e. The van der Waals surface area contributed by atoms with Gasteiger partial charge in [-0.2, -0.15) is 0 Å². The van der Waals surface area contributed by atoms with Crippen LogP contribution in [0, 0.1) is 33.5 Å². The van der Waals surface area contributed by atoms with Crippen LogP contribution in [0.4, 0.5) is 15.8 Å². The molecule has 2 aromatic carbocycles. The molecule has 0 saturated carbocycles. The number of aromatic nitrogens is 3. The van der Waals surface area contributed by atoms with Gasteiger partial charge in [-0.15, -0.1) is 5.10 Å². The molecule has 0 aliphatic carbocycles. The number of nitrogens with zero attached hydrogens (tertiary/aromatic N) is 3. The lowest BCUT2D eigenvalue weighted by molar-refractivity contribution is -0.117. The molecule has 0 aliphatic heterocycles. The number of hydrogen-bond donors (Lipinski definition) is 2. The first kappa shape index (κ1) is 20.2. The molecule has 3 rings (SSSR count). The summed E-state index contributed by atoms with van der Waals surface area (Å²) < 4.78 is 14.8. The number of carbonyl (C=O) groups excluding carboxylic acids is 2. The smallest absolute Gasteiger partial charge is 0.278 e. The summed E-state index contributed by atoms with van der Waals surface area (Å²) in [5, 5.41) is 13.3. The molecule has 2 N–H and O–H groups in total. The summed E-state index contributed by atoms with van der Waals surface area (Å²) in [7, 11) is 0. The van der Waals surface area contributed by atoms with Gasteiger partial charge in [-0.3, -0.25) is 9.59 Å². The third-order valence-corrected chi connectivity index (χ3v) is 4.82. The van der Waals surface area contributed by atoms with Crippen molar-refractivity contribution in [3.63, 3.8) is 0 Å². The summed E-state index contributed by atoms with van der Waals surface area (Å²) in [5.41, 5.74) is 4.38. The van der Waals surface area contributed by atoms with Gasteiger partial charge in [0.2, 0.25) is 5.91 Å². The quantitative estimate of drug-likeness (QED) is 0.692. The van der Waals surface area contributed by atoms with Crippen molar-refractivity contribution in [3.05, 3.63) is 70.3 Å². The highest BCUT2D eigenvalue weighted by atomic mass is 19.1. The van der Waals surface area contributed by atoms with Crippen molar-refractivity contribution in [2.24, 2.45) is 0 Å². The topological polar surface area (TPSA) is 88.9 Å². The number of nitrogens with one attached hydrogen (secondary N) is 2. The average molecular weight is 395 g/mol. The van der Waals surface area contributed by atoms with E-state index in [1.807, 2.05) is 32.0 Å². The molecule has 1 heterocycles. The fraction of sp³-hybridized carbons (Fsp3) is 0.238. The van der Waals surface area contributed by atoms with Crippen LogP contribution in [0.25, 0.3) is 0 Å². The van der Waals surface area contributed by atoms with Crippen molar-refractivity contribution in [3.8, 4) is 0 Å². The molecular formula is C21H22FN5O2. The molecule has 150 valence electrons. The standard InChI is InChI=1S/C21H22FN5O2/c1-12-6-5-7-17(14(12)3)23-19(28)11-27-15(4)20(25-26-27)21(29)24-18-10-16(22)9-8-13(18)2/h5-10H,11H2,1-4H3,(H,23,28)(H,24,29). The van der Waals surface area contributed by atoms with E-state index < -0.39 is 11.7 Å². The van der Waals surface area contributed by atoms with E-state index in [1.54, 1.807) is 19.9 Å². The number of halogens is 1. The molecule has 0 spiro atoms. The Labute approximate surface area is 167 Å². The van der Waals surface area contributed by atoms with Gasteiger partial charge in [0.1, 0.15) is 12.4 Å². The van der Waals surface area contributed by atoms with Gasteiger partial charge >= 0.3 is 0 Å². The third-order valence-electron chi connectivity index (χ3n) is 4.82. The van der Waals surface area contributed by atoms with E-state index in [0.717, 1.165) is 22.4 Å². The van der Waals surface area contributed by atoms with Gasteiger partial charge in [-0.25, -0.2) is 9.07 Å². The fourth-order valence-electron chi connectivity index (χ4n) is 2.84. The summed E-state index contributed by atoms with van der Waals surface area (Å²) in [4.78, 5) is 24.9. The molecule has 0 aliphatic rings. The predicted molar refractivity (Wildman–Crippen MR) is 108 cm³/mol. The molecule has 0 atom stereocenters. The molecule has 8 heteroatoms. The van der Waals surface area contributed by atoms with Gasteiger partial charge in [0.15, 0.2) is 5.69 Å². The van der Waals surface area contributed by atoms with Gasteiger partial charge in [0, 0.05) is 11.4 Å². The Morgan fingerprint density at radius 2 is 1.76 bits per heavy atom. The van der Waals surface area contributed by atoms with Crippen molar-refractivity contribution in [2.45, 2.75) is 34.2 Å². The largest absolute Gasteiger partial charge is 0.324 e. The first-order valence-electron chi connectivity index (χ1n) is 9.10. The highest BCUT2D eigenvalue weighted by molar-refractivity contribution is 6.04. The maximum absolute atomic E-state index is 13.4. The van der Waals surface area contributed by atoms with Crippen molar-refractivity contribution >= 4 is 23.2 Å². The summed E-state index contributed by atoms with van der Waals surface area (Å²) in [5.74, 6) is -1.24. The van der Waals surface area contributed by atoms with E-state index in [2.05, 4.69) is 20.9 Å². The molecule has 0 bridgehead atoms. The minimum Gasteiger partial charge on any atom is -0.324 e. The summed E-state index contributed by atoms with van der Waals surface area (Å²) in [6, 6.07) is 9.81. The van der Waals surface area contributed by atoms with E-state index >= 15 is 0 Å². The van der Waals surface area contributed by atoms with E-state index in [4.69, 9.17) is 0 Å². The zero-order chi connectivity index (χ0) is 21.1. The monoisotopic (exact) mass is 395 g/mol. The van der Waals surface area contributed by atoms with Crippen LogP contribution in [0.1, 0.15) is 32.9 Å². The Hall–Kier alpha value is -3.55. The molecular weight excluding hydrogens is 373 g/mol. The summed E-state index contributed by atoms with van der Waals surface area (Å²) in [6.07, 6.45) is 0. The SMILES string of the molecule is Cc1ccc(F)cc1NC(=O)c1nnn(CC(=O)Nc2cccc(C)c2C)c1C. The lowest BCUT2D eigenvalue weighted by Gasteiger charge is -2.11. The second-order valence-electron chi connectivity index (χ2n) is 6.89. The lowest BCUT2D eigenvalue weighted by atomic mass is 10.1. The van der Waals surface area contributed by atoms with Crippen LogP contribution in [-0.2, 0) is 11.3 Å². The number of hydrogen-bond acceptors (Lipinski definition) is 4. The fourth-order valence-corrected chi connectivity index (χ4v) is 2.84. The van der Waals surface area contributed by atoms with Crippen LogP contribution in [0.15, 0.2) is 36.4 Å². The molecule has 7 nitrogen and oxygen atoms in total. The molecule has 0 unspecified atom stereocenters. The Kier molecular flexibility index (Phi) is 5.72. The minimum atomic E-state index is -0.516. The van der Waals surface area contributed by atoms with Crippen LogP contribution >= 0.6 is 0 Å². The molecule has 0 fully saturated rings. The van der Waals surface area contributed by atoms with Crippen LogP contribution in [0.2, 0.25) is 0 Å². The van der Waals surface area contributed by atoms with Crippen LogP contribution in [0.3, 0.4) is 0 Å². The van der Waals surface area contributed by atoms with Crippen molar-refractivity contribution in [1.29, 1.82) is 0 Å². The number of anilines is 2. The molecule has 0 saturated heterocycles. The van der Waals surface area contributed by atoms with Gasteiger partial charge in [0.25, 0.3) is 5.91 Å². The Morgan fingerprint density at radius 3 is 2.52 bits per heavy atom. The number of benzene rings is 2. The van der Waals surface area contributed by atoms with E-state index in [0.29, 0.717) is 11.4 Å². The number of rotatable bonds is 5. The highest BCUT2D eigenvalue weighted by Gasteiger charge is 2.19. The highest BCUT2D eigenvalue weighted by Crippen LogP contribution is 2.19. The molecule has 2 amide bonds. The summed E-state index contributed by atoms with van der Waals surface area (Å²) >= 11 is 0. The molecule has 1 aromatic heterocycles. The average Bonchev–Trinajstić information content (AvgIpc) is 3.02. The van der Waals surface area contributed by atoms with E-state index in [1.165, 1.54) is 16.8 Å². The first-order chi connectivity index (χ1) is 13.8. The second-order valence-corrected chi connectivity index (χ2v) is 6.89. The number of carbonyl (C=O) groups is 2. The van der Waals surface area contributed by atoms with Crippen LogP contribution < -0.4 is 10.6 Å². The lowest BCUT2D eigenvalue weighted by Crippen LogP contribution is -2.21. The van der Waals surface area contributed by atoms with E-state index in [-0.39, 0.29) is 18.1 Å². The van der Waals surface area contributed by atoms with Gasteiger partial charge in [0.05, 0.1) is 5.69 Å². The normalized spacial score (nSPS) is 10.7. The van der Waals surface area contributed by atoms with Crippen LogP contribution in [-0.4, -0.2) is 26.8 Å². The van der Waals surface area contributed by atoms with Gasteiger partial charge in [-0.05, 0) is 62.6 Å². The van der Waals surface area contributed by atoms with E-state index in [9.17, 15) is 14.0 Å². The molecule has 3 aromatic rings. The van der Waals surface area contributed by atoms with Gasteiger partial charge in [-0.1, -0.05) is 23.4 Å². The Balaban J connectivity index is 1.71. The second kappa shape index (κ2) is 8.22. The Bertz CT molecular complexity index is 1090. The third kappa shape index (κ3) is 4.48. The number of amides is 2. The van der Waals surface area contributed by atoms with Crippen molar-refractivity contribution in [2.75, 3.05) is 10.6 Å². The molecule has 0 radical (unpaired) electrons. The van der Waals surface area contributed by atoms with Crippen molar-refractivity contribution < 1.29 is 14.0 Å². The maximum atomic E-state index is 13.4.